The van der Waals surface area contributed by atoms with Gasteiger partial charge in [0, 0.05) is 32.7 Å². The first-order valence-electron chi connectivity index (χ1n) is 7.03. The van der Waals surface area contributed by atoms with E-state index in [2.05, 4.69) is 20.3 Å². The quantitative estimate of drug-likeness (QED) is 0.934. The lowest BCUT2D eigenvalue weighted by molar-refractivity contribution is 0.0957. The van der Waals surface area contributed by atoms with E-state index in [9.17, 15) is 4.39 Å². The number of aromatic amines is 1. The van der Waals surface area contributed by atoms with Crippen LogP contribution in [0, 0.1) is 12.7 Å². The van der Waals surface area contributed by atoms with E-state index >= 15 is 0 Å². The minimum absolute atomic E-state index is 0.107. The number of aromatic nitrogens is 3. The third-order valence-corrected chi connectivity index (χ3v) is 4.16. The van der Waals surface area contributed by atoms with Gasteiger partial charge >= 0.3 is 0 Å². The Morgan fingerprint density at radius 3 is 2.95 bits per heavy atom. The van der Waals surface area contributed by atoms with Crippen LogP contribution >= 0.6 is 0 Å². The zero-order chi connectivity index (χ0) is 14.8. The predicted octanol–water partition coefficient (Wildman–Crippen LogP) is 1.87. The van der Waals surface area contributed by atoms with Gasteiger partial charge in [-0.25, -0.2) is 4.39 Å². The number of hydrogen-bond donors (Lipinski definition) is 1. The van der Waals surface area contributed by atoms with E-state index in [0.29, 0.717) is 0 Å². The van der Waals surface area contributed by atoms with E-state index in [0.717, 1.165) is 36.5 Å². The van der Waals surface area contributed by atoms with E-state index in [1.165, 1.54) is 6.07 Å². The number of likely N-dealkylation sites (tertiary alicyclic amines) is 1. The average Bonchev–Trinajstić information content (AvgIpc) is 3.10. The third kappa shape index (κ3) is 2.96. The summed E-state index contributed by atoms with van der Waals surface area (Å²) in [4.78, 5) is 2.31. The van der Waals surface area contributed by atoms with Crippen molar-refractivity contribution < 1.29 is 9.13 Å². The van der Waals surface area contributed by atoms with Gasteiger partial charge in [-0.15, -0.1) is 0 Å². The van der Waals surface area contributed by atoms with Crippen molar-refractivity contribution in [3.8, 4) is 0 Å². The number of nitrogens with one attached hydrogen (secondary N) is 1. The Morgan fingerprint density at radius 2 is 2.29 bits per heavy atom. The molecule has 1 aliphatic heterocycles. The van der Waals surface area contributed by atoms with Crippen molar-refractivity contribution >= 4 is 0 Å². The van der Waals surface area contributed by atoms with Crippen molar-refractivity contribution in [1.82, 2.24) is 20.3 Å². The molecule has 3 rings (SSSR count). The average molecular weight is 290 g/mol. The van der Waals surface area contributed by atoms with Crippen LogP contribution < -0.4 is 0 Å². The molecule has 0 saturated carbocycles. The first-order chi connectivity index (χ1) is 10.2. The lowest BCUT2D eigenvalue weighted by atomic mass is 10.0. The first-order valence-corrected chi connectivity index (χ1v) is 7.03. The van der Waals surface area contributed by atoms with Crippen LogP contribution in [-0.2, 0) is 11.3 Å². The fourth-order valence-corrected chi connectivity index (χ4v) is 2.97. The highest BCUT2D eigenvalue weighted by molar-refractivity contribution is 5.26. The molecule has 0 spiro atoms. The molecule has 1 saturated heterocycles. The van der Waals surface area contributed by atoms with Gasteiger partial charge in [0.15, 0.2) is 0 Å². The second-order valence-electron chi connectivity index (χ2n) is 5.54. The zero-order valence-corrected chi connectivity index (χ0v) is 12.2. The molecule has 1 aromatic carbocycles. The molecule has 1 fully saturated rings. The molecular weight excluding hydrogens is 271 g/mol. The lowest BCUT2D eigenvalue weighted by Gasteiger charge is -2.17. The van der Waals surface area contributed by atoms with E-state index in [4.69, 9.17) is 4.74 Å². The van der Waals surface area contributed by atoms with Crippen molar-refractivity contribution in [3.63, 3.8) is 0 Å². The van der Waals surface area contributed by atoms with Gasteiger partial charge in [-0.3, -0.25) is 4.90 Å². The summed E-state index contributed by atoms with van der Waals surface area (Å²) < 4.78 is 18.8. The van der Waals surface area contributed by atoms with Crippen molar-refractivity contribution in [3.05, 3.63) is 47.0 Å². The van der Waals surface area contributed by atoms with Crippen molar-refractivity contribution in [1.29, 1.82) is 0 Å². The number of nitrogens with zero attached hydrogens (tertiary/aromatic N) is 3. The van der Waals surface area contributed by atoms with Crippen LogP contribution in [0.3, 0.4) is 0 Å². The minimum atomic E-state index is -0.187. The number of rotatable bonds is 4. The Hall–Kier alpha value is -1.79. The van der Waals surface area contributed by atoms with Gasteiger partial charge in [0.05, 0.1) is 18.0 Å². The van der Waals surface area contributed by atoms with Crippen LogP contribution in [0.5, 0.6) is 0 Å². The van der Waals surface area contributed by atoms with E-state index in [1.54, 1.807) is 19.4 Å². The molecule has 112 valence electrons. The number of methoxy groups -OCH3 is 1. The molecule has 0 amide bonds. The molecule has 1 aromatic heterocycles. The molecule has 1 N–H and O–H groups in total. The Morgan fingerprint density at radius 1 is 1.43 bits per heavy atom. The fraction of sp³-hybridized carbons (Fsp3) is 0.467. The highest BCUT2D eigenvalue weighted by Gasteiger charge is 2.35. The van der Waals surface area contributed by atoms with Gasteiger partial charge in [0.25, 0.3) is 0 Å². The summed E-state index contributed by atoms with van der Waals surface area (Å²) in [6.07, 6.45) is 1.86. The van der Waals surface area contributed by atoms with Crippen molar-refractivity contribution in [2.75, 3.05) is 20.2 Å². The largest absolute Gasteiger partial charge is 0.379 e. The lowest BCUT2D eigenvalue weighted by Crippen LogP contribution is -2.23. The minimum Gasteiger partial charge on any atom is -0.379 e. The van der Waals surface area contributed by atoms with Gasteiger partial charge in [-0.1, -0.05) is 6.07 Å². The molecule has 2 aromatic rings. The molecule has 0 radical (unpaired) electrons. The highest BCUT2D eigenvalue weighted by Crippen LogP contribution is 2.29. The monoisotopic (exact) mass is 290 g/mol. The molecule has 21 heavy (non-hydrogen) atoms. The molecule has 0 bridgehead atoms. The summed E-state index contributed by atoms with van der Waals surface area (Å²) in [5.41, 5.74) is 3.06. The number of ether oxygens (including phenoxy) is 1. The second-order valence-corrected chi connectivity index (χ2v) is 5.54. The van der Waals surface area contributed by atoms with Crippen LogP contribution in [-0.4, -0.2) is 46.6 Å². The predicted molar refractivity (Wildman–Crippen MR) is 76.3 cm³/mol. The summed E-state index contributed by atoms with van der Waals surface area (Å²) >= 11 is 0. The van der Waals surface area contributed by atoms with Crippen LogP contribution in [0.15, 0.2) is 24.4 Å². The van der Waals surface area contributed by atoms with Crippen LogP contribution in [0.25, 0.3) is 0 Å². The topological polar surface area (TPSA) is 54.0 Å². The smallest absolute Gasteiger partial charge is 0.123 e. The highest BCUT2D eigenvalue weighted by atomic mass is 19.1. The molecule has 0 unspecified atom stereocenters. The summed E-state index contributed by atoms with van der Waals surface area (Å²) in [6.45, 7) is 4.43. The van der Waals surface area contributed by atoms with Crippen molar-refractivity contribution in [2.45, 2.75) is 25.5 Å². The zero-order valence-electron chi connectivity index (χ0n) is 12.2. The third-order valence-electron chi connectivity index (χ3n) is 4.16. The van der Waals surface area contributed by atoms with Gasteiger partial charge in [-0.05, 0) is 30.2 Å². The molecule has 1 aliphatic rings. The summed E-state index contributed by atoms with van der Waals surface area (Å²) in [6, 6.07) is 4.95. The second kappa shape index (κ2) is 5.91. The van der Waals surface area contributed by atoms with Gasteiger partial charge in [-0.2, -0.15) is 15.4 Å². The molecular formula is C15H19FN4O. The van der Waals surface area contributed by atoms with E-state index in [-0.39, 0.29) is 17.8 Å². The van der Waals surface area contributed by atoms with Crippen LogP contribution in [0.4, 0.5) is 4.39 Å². The SMILES string of the molecule is CO[C@@H]1CN(Cc2ccc(F)cc2C)C[C@H]1c1cn[nH]n1. The molecule has 0 aliphatic carbocycles. The first kappa shape index (κ1) is 14.2. The molecule has 5 nitrogen and oxygen atoms in total. The molecule has 2 atom stereocenters. The summed E-state index contributed by atoms with van der Waals surface area (Å²) in [7, 11) is 1.73. The van der Waals surface area contributed by atoms with Crippen molar-refractivity contribution in [2.24, 2.45) is 0 Å². The van der Waals surface area contributed by atoms with Crippen LogP contribution in [0.1, 0.15) is 22.7 Å². The Bertz CT molecular complexity index is 602. The Kier molecular flexibility index (Phi) is 3.98. The maximum atomic E-state index is 13.2. The van der Waals surface area contributed by atoms with E-state index in [1.807, 2.05) is 13.0 Å². The fourth-order valence-electron chi connectivity index (χ4n) is 2.97. The normalized spacial score (nSPS) is 22.8. The maximum Gasteiger partial charge on any atom is 0.123 e. The standard InChI is InChI=1S/C15H19FN4O/c1-10-5-12(16)4-3-11(10)7-20-8-13(15(9-20)21-2)14-6-17-19-18-14/h3-6,13,15H,7-9H2,1-2H3,(H,17,18,19)/t13-,15+/m0/s1. The Labute approximate surface area is 123 Å². The molecule has 6 heteroatoms. The number of H-pyrrole nitrogens is 1. The maximum absolute atomic E-state index is 13.2. The van der Waals surface area contributed by atoms with Gasteiger partial charge in [0.2, 0.25) is 0 Å². The molecule has 2 heterocycles. The number of aryl methyl sites for hydroxylation is 1. The summed E-state index contributed by atoms with van der Waals surface area (Å²) in [5.74, 6) is 0.0300. The van der Waals surface area contributed by atoms with Crippen LogP contribution in [0.2, 0.25) is 0 Å². The number of hydrogen-bond acceptors (Lipinski definition) is 4. The Balaban J connectivity index is 1.73. The van der Waals surface area contributed by atoms with E-state index < -0.39 is 0 Å². The van der Waals surface area contributed by atoms with Gasteiger partial charge in [0.1, 0.15) is 5.82 Å². The summed E-state index contributed by atoms with van der Waals surface area (Å²) in [5, 5.41) is 10.7. The number of halogens is 1. The number of benzene rings is 1. The van der Waals surface area contributed by atoms with Gasteiger partial charge < -0.3 is 4.74 Å².